The Balaban J connectivity index is 2.33. The van der Waals surface area contributed by atoms with Crippen molar-refractivity contribution >= 4 is 0 Å². The van der Waals surface area contributed by atoms with E-state index >= 15 is 0 Å². The van der Waals surface area contributed by atoms with Crippen molar-refractivity contribution in [2.24, 2.45) is 0 Å². The molecular weight excluding hydrogens is 266 g/mol. The molecule has 0 fully saturated rings. The summed E-state index contributed by atoms with van der Waals surface area (Å²) >= 11 is 0. The molecule has 1 aromatic carbocycles. The Hall–Kier alpha value is -1.78. The van der Waals surface area contributed by atoms with Gasteiger partial charge in [0.2, 0.25) is 0 Å². The molecule has 4 heteroatoms. The fourth-order valence-electron chi connectivity index (χ4n) is 2.34. The van der Waals surface area contributed by atoms with Crippen LogP contribution in [0.2, 0.25) is 0 Å². The minimum atomic E-state index is -0.0247. The zero-order chi connectivity index (χ0) is 15.1. The second kappa shape index (κ2) is 7.86. The largest absolute Gasteiger partial charge is 0.494 e. The number of rotatable bonds is 8. The molecule has 1 unspecified atom stereocenters. The molecule has 2 aromatic rings. The van der Waals surface area contributed by atoms with Gasteiger partial charge in [0.1, 0.15) is 23.9 Å². The molecule has 21 heavy (non-hydrogen) atoms. The van der Waals surface area contributed by atoms with Crippen LogP contribution in [0.4, 0.5) is 0 Å². The van der Waals surface area contributed by atoms with E-state index in [1.54, 1.807) is 7.11 Å². The van der Waals surface area contributed by atoms with Crippen molar-refractivity contribution in [1.82, 2.24) is 5.32 Å². The van der Waals surface area contributed by atoms with Crippen LogP contribution in [0.15, 0.2) is 40.8 Å². The minimum Gasteiger partial charge on any atom is -0.494 e. The maximum Gasteiger partial charge on any atom is 0.129 e. The molecule has 0 aliphatic rings. The van der Waals surface area contributed by atoms with Crippen LogP contribution in [0.25, 0.3) is 0 Å². The molecule has 1 N–H and O–H groups in total. The maximum absolute atomic E-state index is 5.88. The highest BCUT2D eigenvalue weighted by Gasteiger charge is 2.20. The molecule has 0 aliphatic heterocycles. The van der Waals surface area contributed by atoms with Gasteiger partial charge in [-0.15, -0.1) is 0 Å². The number of benzene rings is 1. The van der Waals surface area contributed by atoms with Gasteiger partial charge >= 0.3 is 0 Å². The molecule has 0 radical (unpaired) electrons. The molecule has 0 amide bonds. The van der Waals surface area contributed by atoms with Gasteiger partial charge in [0.25, 0.3) is 0 Å². The molecule has 1 atom stereocenters. The first-order valence-corrected chi connectivity index (χ1v) is 7.32. The smallest absolute Gasteiger partial charge is 0.129 e. The minimum absolute atomic E-state index is 0.0247. The van der Waals surface area contributed by atoms with E-state index < -0.39 is 0 Å². The lowest BCUT2D eigenvalue weighted by Gasteiger charge is -2.19. The molecule has 114 valence electrons. The zero-order valence-corrected chi connectivity index (χ0v) is 12.9. The SMILES string of the molecule is CCNC(c1ccc(COC)o1)c1ccccc1OCC. The number of hydrogen-bond donors (Lipinski definition) is 1. The monoisotopic (exact) mass is 289 g/mol. The van der Waals surface area contributed by atoms with E-state index in [1.807, 2.05) is 37.3 Å². The van der Waals surface area contributed by atoms with E-state index in [0.717, 1.165) is 29.4 Å². The first kappa shape index (κ1) is 15.6. The third-order valence-corrected chi connectivity index (χ3v) is 3.19. The number of furan rings is 1. The summed E-state index contributed by atoms with van der Waals surface area (Å²) in [6.07, 6.45) is 0. The van der Waals surface area contributed by atoms with Crippen molar-refractivity contribution in [3.05, 3.63) is 53.5 Å². The van der Waals surface area contributed by atoms with Gasteiger partial charge in [0, 0.05) is 12.7 Å². The molecule has 0 saturated carbocycles. The summed E-state index contributed by atoms with van der Waals surface area (Å²) in [6, 6.07) is 12.0. The van der Waals surface area contributed by atoms with Crippen molar-refractivity contribution < 1.29 is 13.9 Å². The summed E-state index contributed by atoms with van der Waals surface area (Å²) in [5, 5.41) is 3.45. The molecule has 4 nitrogen and oxygen atoms in total. The van der Waals surface area contributed by atoms with E-state index in [2.05, 4.69) is 18.3 Å². The highest BCUT2D eigenvalue weighted by Crippen LogP contribution is 2.31. The Kier molecular flexibility index (Phi) is 5.84. The second-order valence-electron chi connectivity index (χ2n) is 4.70. The van der Waals surface area contributed by atoms with Crippen LogP contribution in [0, 0.1) is 0 Å². The standard InChI is InChI=1S/C17H23NO3/c1-4-18-17(16-11-10-13(21-16)12-19-3)14-8-6-7-9-15(14)20-5-2/h6-11,17-18H,4-5,12H2,1-3H3. The van der Waals surface area contributed by atoms with E-state index in [0.29, 0.717) is 13.2 Å². The summed E-state index contributed by atoms with van der Waals surface area (Å²) in [5.41, 5.74) is 1.08. The van der Waals surface area contributed by atoms with Gasteiger partial charge in [-0.2, -0.15) is 0 Å². The van der Waals surface area contributed by atoms with Crippen LogP contribution < -0.4 is 10.1 Å². The highest BCUT2D eigenvalue weighted by atomic mass is 16.5. The highest BCUT2D eigenvalue weighted by molar-refractivity contribution is 5.39. The van der Waals surface area contributed by atoms with Gasteiger partial charge in [-0.25, -0.2) is 0 Å². The summed E-state index contributed by atoms with van der Waals surface area (Å²) in [7, 11) is 1.66. The Labute approximate surface area is 126 Å². The van der Waals surface area contributed by atoms with Gasteiger partial charge in [-0.05, 0) is 31.7 Å². The topological polar surface area (TPSA) is 43.6 Å². The third-order valence-electron chi connectivity index (χ3n) is 3.19. The van der Waals surface area contributed by atoms with Gasteiger partial charge in [-0.1, -0.05) is 25.1 Å². The number of ether oxygens (including phenoxy) is 2. The average molecular weight is 289 g/mol. The van der Waals surface area contributed by atoms with Crippen LogP contribution >= 0.6 is 0 Å². The van der Waals surface area contributed by atoms with E-state index in [9.17, 15) is 0 Å². The summed E-state index contributed by atoms with van der Waals surface area (Å²) in [6.45, 7) is 6.03. The fraction of sp³-hybridized carbons (Fsp3) is 0.412. The van der Waals surface area contributed by atoms with Crippen molar-refractivity contribution in [2.45, 2.75) is 26.5 Å². The molecule has 1 aromatic heterocycles. The lowest BCUT2D eigenvalue weighted by Crippen LogP contribution is -2.22. The molecule has 0 spiro atoms. The first-order valence-electron chi connectivity index (χ1n) is 7.32. The lowest BCUT2D eigenvalue weighted by atomic mass is 10.0. The van der Waals surface area contributed by atoms with Gasteiger partial charge in [0.15, 0.2) is 0 Å². The van der Waals surface area contributed by atoms with Crippen molar-refractivity contribution in [1.29, 1.82) is 0 Å². The Morgan fingerprint density at radius 1 is 1.14 bits per heavy atom. The molecule has 1 heterocycles. The zero-order valence-electron chi connectivity index (χ0n) is 12.9. The van der Waals surface area contributed by atoms with Crippen molar-refractivity contribution in [3.8, 4) is 5.75 Å². The van der Waals surface area contributed by atoms with E-state index in [4.69, 9.17) is 13.9 Å². The number of nitrogens with one attached hydrogen (secondary N) is 1. The van der Waals surface area contributed by atoms with Crippen LogP contribution in [-0.4, -0.2) is 20.3 Å². The number of hydrogen-bond acceptors (Lipinski definition) is 4. The van der Waals surface area contributed by atoms with Crippen LogP contribution in [0.5, 0.6) is 5.75 Å². The second-order valence-corrected chi connectivity index (χ2v) is 4.70. The quantitative estimate of drug-likeness (QED) is 0.807. The number of methoxy groups -OCH3 is 1. The van der Waals surface area contributed by atoms with Gasteiger partial charge < -0.3 is 19.2 Å². The Bertz CT molecular complexity index is 550. The Morgan fingerprint density at radius 3 is 2.67 bits per heavy atom. The van der Waals surface area contributed by atoms with Crippen LogP contribution in [0.3, 0.4) is 0 Å². The fourth-order valence-corrected chi connectivity index (χ4v) is 2.34. The van der Waals surface area contributed by atoms with Crippen LogP contribution in [-0.2, 0) is 11.3 Å². The molecular formula is C17H23NO3. The summed E-state index contributed by atoms with van der Waals surface area (Å²) < 4.78 is 16.7. The van der Waals surface area contributed by atoms with E-state index in [-0.39, 0.29) is 6.04 Å². The molecule has 0 aliphatic carbocycles. The number of para-hydroxylation sites is 1. The van der Waals surface area contributed by atoms with Crippen molar-refractivity contribution in [2.75, 3.05) is 20.3 Å². The normalized spacial score (nSPS) is 12.3. The lowest BCUT2D eigenvalue weighted by molar-refractivity contribution is 0.162. The van der Waals surface area contributed by atoms with E-state index in [1.165, 1.54) is 0 Å². The Morgan fingerprint density at radius 2 is 1.95 bits per heavy atom. The van der Waals surface area contributed by atoms with Gasteiger partial charge in [0.05, 0.1) is 12.6 Å². The summed E-state index contributed by atoms with van der Waals surface area (Å²) in [5.74, 6) is 2.58. The predicted octanol–water partition coefficient (Wildman–Crippen LogP) is 3.52. The third kappa shape index (κ3) is 3.86. The average Bonchev–Trinajstić information content (AvgIpc) is 2.95. The maximum atomic E-state index is 5.88. The first-order chi connectivity index (χ1) is 10.3. The van der Waals surface area contributed by atoms with Crippen molar-refractivity contribution in [3.63, 3.8) is 0 Å². The van der Waals surface area contributed by atoms with Crippen LogP contribution in [0.1, 0.15) is 37.0 Å². The summed E-state index contributed by atoms with van der Waals surface area (Å²) in [4.78, 5) is 0. The molecule has 2 rings (SSSR count). The predicted molar refractivity (Wildman–Crippen MR) is 82.6 cm³/mol. The molecule has 0 bridgehead atoms. The van der Waals surface area contributed by atoms with Gasteiger partial charge in [-0.3, -0.25) is 0 Å². The molecule has 0 saturated heterocycles.